The van der Waals surface area contributed by atoms with Crippen LogP contribution in [-0.2, 0) is 19.1 Å². The second-order valence-corrected chi connectivity index (χ2v) is 3.69. The Morgan fingerprint density at radius 3 is 1.62 bits per heavy atom. The summed E-state index contributed by atoms with van der Waals surface area (Å²) in [7, 11) is 0. The largest absolute Gasteiger partial charge is 0.453 e. The Morgan fingerprint density at radius 2 is 1.31 bits per heavy atom. The Labute approximate surface area is 93.2 Å². The molecule has 0 bridgehead atoms. The molecule has 1 aromatic rings. The minimum absolute atomic E-state index is 0.378. The SMILES string of the molecule is CC(=O)O[C@H]1c2ccccc2[C@@H]1OC(C)=O. The summed E-state index contributed by atoms with van der Waals surface area (Å²) in [5, 5.41) is 0. The highest BCUT2D eigenvalue weighted by Gasteiger charge is 2.42. The quantitative estimate of drug-likeness (QED) is 0.714. The standard InChI is InChI=1S/C12H12O4/c1-7(13)15-11-9-5-3-4-6-10(9)12(11)16-8(2)14/h3-6,11-12H,1-2H3/t11-,12-/m0/s1. The maximum atomic E-state index is 10.9. The van der Waals surface area contributed by atoms with E-state index >= 15 is 0 Å². The number of rotatable bonds is 2. The molecule has 1 aromatic carbocycles. The van der Waals surface area contributed by atoms with Crippen LogP contribution in [0.1, 0.15) is 37.2 Å². The molecule has 2 rings (SSSR count). The van der Waals surface area contributed by atoms with E-state index in [2.05, 4.69) is 0 Å². The lowest BCUT2D eigenvalue weighted by molar-refractivity contribution is -0.171. The highest BCUT2D eigenvalue weighted by atomic mass is 16.6. The van der Waals surface area contributed by atoms with E-state index in [0.717, 1.165) is 11.1 Å². The zero-order chi connectivity index (χ0) is 11.7. The molecule has 0 radical (unpaired) electrons. The van der Waals surface area contributed by atoms with Gasteiger partial charge in [0.15, 0.2) is 12.2 Å². The zero-order valence-electron chi connectivity index (χ0n) is 9.10. The monoisotopic (exact) mass is 220 g/mol. The Morgan fingerprint density at radius 1 is 0.938 bits per heavy atom. The van der Waals surface area contributed by atoms with Crippen LogP contribution in [0.4, 0.5) is 0 Å². The van der Waals surface area contributed by atoms with Crippen molar-refractivity contribution in [3.63, 3.8) is 0 Å². The summed E-state index contributed by atoms with van der Waals surface area (Å²) in [5.74, 6) is -0.756. The smallest absolute Gasteiger partial charge is 0.303 e. The van der Waals surface area contributed by atoms with Gasteiger partial charge in [0.1, 0.15) is 0 Å². The predicted molar refractivity (Wildman–Crippen MR) is 55.5 cm³/mol. The van der Waals surface area contributed by atoms with Crippen molar-refractivity contribution in [2.24, 2.45) is 0 Å². The van der Waals surface area contributed by atoms with Crippen molar-refractivity contribution in [3.05, 3.63) is 35.4 Å². The number of hydrogen-bond acceptors (Lipinski definition) is 4. The number of carbonyl (C=O) groups excluding carboxylic acids is 2. The van der Waals surface area contributed by atoms with Crippen molar-refractivity contribution in [2.75, 3.05) is 0 Å². The van der Waals surface area contributed by atoms with Crippen molar-refractivity contribution < 1.29 is 19.1 Å². The molecule has 0 spiro atoms. The lowest BCUT2D eigenvalue weighted by Crippen LogP contribution is -2.31. The van der Waals surface area contributed by atoms with E-state index in [1.807, 2.05) is 24.3 Å². The van der Waals surface area contributed by atoms with E-state index < -0.39 is 12.2 Å². The normalized spacial score (nSPS) is 21.6. The molecule has 84 valence electrons. The minimum atomic E-state index is -0.461. The van der Waals surface area contributed by atoms with Crippen LogP contribution in [0.3, 0.4) is 0 Å². The molecule has 1 aliphatic carbocycles. The number of fused-ring (bicyclic) bond motifs is 1. The molecule has 0 heterocycles. The van der Waals surface area contributed by atoms with Gasteiger partial charge < -0.3 is 9.47 Å². The molecule has 0 amide bonds. The van der Waals surface area contributed by atoms with Crippen LogP contribution in [0, 0.1) is 0 Å². The average Bonchev–Trinajstić information content (AvgIpc) is 2.23. The van der Waals surface area contributed by atoms with Crippen molar-refractivity contribution in [1.29, 1.82) is 0 Å². The molecule has 0 N–H and O–H groups in total. The summed E-state index contributed by atoms with van der Waals surface area (Å²) in [6.07, 6.45) is -0.921. The van der Waals surface area contributed by atoms with Gasteiger partial charge in [-0.1, -0.05) is 24.3 Å². The van der Waals surface area contributed by atoms with E-state index in [9.17, 15) is 9.59 Å². The topological polar surface area (TPSA) is 52.6 Å². The Kier molecular flexibility index (Phi) is 2.64. The van der Waals surface area contributed by atoms with Gasteiger partial charge in [0.2, 0.25) is 0 Å². The Bertz CT molecular complexity index is 397. The summed E-state index contributed by atoms with van der Waals surface area (Å²) < 4.78 is 10.2. The van der Waals surface area contributed by atoms with Crippen molar-refractivity contribution in [3.8, 4) is 0 Å². The van der Waals surface area contributed by atoms with Gasteiger partial charge >= 0.3 is 11.9 Å². The number of hydrogen-bond donors (Lipinski definition) is 0. The fourth-order valence-corrected chi connectivity index (χ4v) is 1.87. The molecule has 0 fully saturated rings. The highest BCUT2D eigenvalue weighted by Crippen LogP contribution is 2.47. The molecule has 0 aromatic heterocycles. The maximum absolute atomic E-state index is 10.9. The predicted octanol–water partition coefficient (Wildman–Crippen LogP) is 1.91. The van der Waals surface area contributed by atoms with Gasteiger partial charge in [0, 0.05) is 25.0 Å². The fraction of sp³-hybridized carbons (Fsp3) is 0.333. The molecule has 16 heavy (non-hydrogen) atoms. The summed E-state index contributed by atoms with van der Waals surface area (Å²) in [5.41, 5.74) is 1.81. The van der Waals surface area contributed by atoms with E-state index in [0.29, 0.717) is 0 Å². The molecule has 2 atom stereocenters. The Balaban J connectivity index is 2.23. The van der Waals surface area contributed by atoms with E-state index in [1.54, 1.807) is 0 Å². The molecular weight excluding hydrogens is 208 g/mol. The van der Waals surface area contributed by atoms with Crippen LogP contribution < -0.4 is 0 Å². The van der Waals surface area contributed by atoms with Gasteiger partial charge in [0.25, 0.3) is 0 Å². The van der Waals surface area contributed by atoms with Gasteiger partial charge in [-0.15, -0.1) is 0 Å². The first-order valence-corrected chi connectivity index (χ1v) is 5.03. The molecule has 0 aliphatic heterocycles. The van der Waals surface area contributed by atoms with Gasteiger partial charge in [0.05, 0.1) is 0 Å². The van der Waals surface area contributed by atoms with Crippen LogP contribution in [0.15, 0.2) is 24.3 Å². The summed E-state index contributed by atoms with van der Waals surface area (Å²) in [6, 6.07) is 7.45. The van der Waals surface area contributed by atoms with Crippen LogP contribution in [-0.4, -0.2) is 11.9 Å². The minimum Gasteiger partial charge on any atom is -0.453 e. The number of carbonyl (C=O) groups is 2. The summed E-state index contributed by atoms with van der Waals surface area (Å²) in [4.78, 5) is 21.9. The molecule has 0 saturated carbocycles. The van der Waals surface area contributed by atoms with Crippen LogP contribution in [0.25, 0.3) is 0 Å². The maximum Gasteiger partial charge on any atom is 0.303 e. The summed E-state index contributed by atoms with van der Waals surface area (Å²) >= 11 is 0. The third-order valence-electron chi connectivity index (χ3n) is 2.47. The van der Waals surface area contributed by atoms with E-state index in [1.165, 1.54) is 13.8 Å². The van der Waals surface area contributed by atoms with Crippen LogP contribution >= 0.6 is 0 Å². The fourth-order valence-electron chi connectivity index (χ4n) is 1.87. The van der Waals surface area contributed by atoms with Gasteiger partial charge in [-0.05, 0) is 0 Å². The van der Waals surface area contributed by atoms with Crippen molar-refractivity contribution in [1.82, 2.24) is 0 Å². The first-order chi connectivity index (χ1) is 7.59. The van der Waals surface area contributed by atoms with Gasteiger partial charge in [-0.3, -0.25) is 9.59 Å². The van der Waals surface area contributed by atoms with Crippen molar-refractivity contribution >= 4 is 11.9 Å². The molecule has 1 aliphatic rings. The van der Waals surface area contributed by atoms with Crippen LogP contribution in [0.2, 0.25) is 0 Å². The third-order valence-corrected chi connectivity index (χ3v) is 2.47. The third kappa shape index (κ3) is 1.78. The zero-order valence-corrected chi connectivity index (χ0v) is 9.10. The van der Waals surface area contributed by atoms with Crippen molar-refractivity contribution in [2.45, 2.75) is 26.1 Å². The molecule has 0 unspecified atom stereocenters. The number of benzene rings is 1. The molecule has 0 saturated heterocycles. The van der Waals surface area contributed by atoms with Gasteiger partial charge in [-0.25, -0.2) is 0 Å². The van der Waals surface area contributed by atoms with E-state index in [-0.39, 0.29) is 11.9 Å². The average molecular weight is 220 g/mol. The first kappa shape index (κ1) is 10.7. The molecular formula is C12H12O4. The number of esters is 2. The highest BCUT2D eigenvalue weighted by molar-refractivity contribution is 5.69. The Hall–Kier alpha value is -1.84. The molecule has 4 nitrogen and oxygen atoms in total. The number of ether oxygens (including phenoxy) is 2. The lowest BCUT2D eigenvalue weighted by Gasteiger charge is -2.37. The molecule has 4 heteroatoms. The summed E-state index contributed by atoms with van der Waals surface area (Å²) in [6.45, 7) is 2.68. The van der Waals surface area contributed by atoms with E-state index in [4.69, 9.17) is 9.47 Å². The first-order valence-electron chi connectivity index (χ1n) is 5.03. The second kappa shape index (κ2) is 3.96. The second-order valence-electron chi connectivity index (χ2n) is 3.69. The van der Waals surface area contributed by atoms with Crippen LogP contribution in [0.5, 0.6) is 0 Å². The van der Waals surface area contributed by atoms with Gasteiger partial charge in [-0.2, -0.15) is 0 Å². The lowest BCUT2D eigenvalue weighted by atomic mass is 9.82.